The molecule has 2 aromatic carbocycles. The van der Waals surface area contributed by atoms with Gasteiger partial charge < -0.3 is 5.73 Å². The predicted molar refractivity (Wildman–Crippen MR) is 132 cm³/mol. The van der Waals surface area contributed by atoms with E-state index in [0.29, 0.717) is 16.3 Å². The summed E-state index contributed by atoms with van der Waals surface area (Å²) in [5, 5.41) is 5.65. The summed E-state index contributed by atoms with van der Waals surface area (Å²) < 4.78 is 1.60. The zero-order valence-electron chi connectivity index (χ0n) is 18.2. The topological polar surface area (TPSA) is 85.6 Å². The molecule has 0 aliphatic carbocycles. The highest BCUT2D eigenvalue weighted by Gasteiger charge is 2.22. The van der Waals surface area contributed by atoms with Gasteiger partial charge in [-0.05, 0) is 44.0 Å². The molecule has 0 saturated heterocycles. The molecule has 3 heterocycles. The molecule has 0 fully saturated rings. The van der Waals surface area contributed by atoms with Crippen LogP contribution in [0, 0.1) is 6.92 Å². The highest BCUT2D eigenvalue weighted by atomic mass is 32.1. The second-order valence-corrected chi connectivity index (χ2v) is 8.99. The zero-order chi connectivity index (χ0) is 22.4. The summed E-state index contributed by atoms with van der Waals surface area (Å²) >= 11 is 1.41. The second-order valence-electron chi connectivity index (χ2n) is 8.00. The number of aromatic nitrogens is 3. The van der Waals surface area contributed by atoms with Crippen LogP contribution in [0.5, 0.6) is 0 Å². The maximum absolute atomic E-state index is 12.9. The smallest absolute Gasteiger partial charge is 0.283 e. The summed E-state index contributed by atoms with van der Waals surface area (Å²) in [5.74, 6) is 0.421. The normalized spacial score (nSPS) is 15.2. The number of nitrogens with two attached hydrogens (primary N) is 1. The van der Waals surface area contributed by atoms with E-state index in [1.54, 1.807) is 10.6 Å². The van der Waals surface area contributed by atoms with Crippen LogP contribution in [0.1, 0.15) is 53.4 Å². The Morgan fingerprint density at radius 1 is 1.16 bits per heavy atom. The van der Waals surface area contributed by atoms with Crippen molar-refractivity contribution in [2.24, 2.45) is 4.99 Å². The summed E-state index contributed by atoms with van der Waals surface area (Å²) in [6, 6.07) is 16.3. The van der Waals surface area contributed by atoms with Crippen LogP contribution in [0.3, 0.4) is 0 Å². The Balaban J connectivity index is 1.64. The molecule has 4 aromatic rings. The third-order valence-corrected chi connectivity index (χ3v) is 6.85. The number of anilines is 1. The quantitative estimate of drug-likeness (QED) is 0.470. The van der Waals surface area contributed by atoms with Gasteiger partial charge in [0, 0.05) is 22.8 Å². The van der Waals surface area contributed by atoms with E-state index >= 15 is 0 Å². The van der Waals surface area contributed by atoms with E-state index in [9.17, 15) is 4.79 Å². The lowest BCUT2D eigenvalue weighted by Crippen LogP contribution is -2.17. The van der Waals surface area contributed by atoms with Crippen molar-refractivity contribution < 1.29 is 0 Å². The van der Waals surface area contributed by atoms with Crippen LogP contribution >= 0.6 is 11.3 Å². The Morgan fingerprint density at radius 3 is 2.69 bits per heavy atom. The minimum absolute atomic E-state index is 0.123. The minimum atomic E-state index is -0.355. The highest BCUT2D eigenvalue weighted by molar-refractivity contribution is 7.16. The Labute approximate surface area is 189 Å². The lowest BCUT2D eigenvalue weighted by atomic mass is 9.97. The van der Waals surface area contributed by atoms with E-state index in [-0.39, 0.29) is 11.5 Å². The predicted octanol–water partition coefficient (Wildman–Crippen LogP) is 5.23. The third kappa shape index (κ3) is 3.35. The van der Waals surface area contributed by atoms with Crippen molar-refractivity contribution in [1.29, 1.82) is 0 Å². The molecule has 0 amide bonds. The molecule has 160 valence electrons. The zero-order valence-corrected chi connectivity index (χ0v) is 19.0. The number of rotatable bonds is 4. The number of hydrogen-bond acceptors (Lipinski definition) is 6. The van der Waals surface area contributed by atoms with Crippen LogP contribution in [0.2, 0.25) is 0 Å². The van der Waals surface area contributed by atoms with E-state index in [1.165, 1.54) is 16.9 Å². The Bertz CT molecular complexity index is 1460. The Kier molecular flexibility index (Phi) is 4.98. The lowest BCUT2D eigenvalue weighted by Gasteiger charge is -2.11. The third-order valence-electron chi connectivity index (χ3n) is 5.82. The van der Waals surface area contributed by atoms with Gasteiger partial charge in [0.1, 0.15) is 10.8 Å². The van der Waals surface area contributed by atoms with Crippen molar-refractivity contribution in [1.82, 2.24) is 14.6 Å². The molecule has 1 aliphatic heterocycles. The second kappa shape index (κ2) is 7.84. The van der Waals surface area contributed by atoms with E-state index in [0.717, 1.165) is 39.5 Å². The fourth-order valence-corrected chi connectivity index (χ4v) is 5.25. The standard InChI is InChI=1S/C25H23N5OS/c1-4-17(16-8-6-5-7-9-16)24-29-30-22(26)20(23(31)28-25(30)32-24)13-18-15(3)27-21-11-10-14(2)12-19(18)21/h5-13,17H,4,26H2,1-3H3. The average molecular weight is 442 g/mol. The number of hydrogen-bond donors (Lipinski definition) is 1. The number of allylic oxidation sites excluding steroid dienone is 1. The van der Waals surface area contributed by atoms with Gasteiger partial charge >= 0.3 is 0 Å². The van der Waals surface area contributed by atoms with E-state index in [2.05, 4.69) is 35.1 Å². The van der Waals surface area contributed by atoms with Crippen LogP contribution in [0.25, 0.3) is 16.6 Å². The van der Waals surface area contributed by atoms with Gasteiger partial charge in [0.25, 0.3) is 5.56 Å². The summed E-state index contributed by atoms with van der Waals surface area (Å²) in [5.41, 5.74) is 12.4. The maximum Gasteiger partial charge on any atom is 0.283 e. The lowest BCUT2D eigenvalue weighted by molar-refractivity contribution is 0.742. The van der Waals surface area contributed by atoms with Crippen molar-refractivity contribution >= 4 is 45.2 Å². The molecule has 5 rings (SSSR count). The van der Waals surface area contributed by atoms with E-state index in [4.69, 9.17) is 10.8 Å². The van der Waals surface area contributed by atoms with Crippen molar-refractivity contribution in [3.63, 3.8) is 0 Å². The van der Waals surface area contributed by atoms with Gasteiger partial charge in [-0.3, -0.25) is 9.79 Å². The van der Waals surface area contributed by atoms with Crippen LogP contribution < -0.4 is 11.3 Å². The fraction of sp³-hybridized carbons (Fsp3) is 0.200. The first-order chi connectivity index (χ1) is 15.5. The van der Waals surface area contributed by atoms with Crippen molar-refractivity contribution in [2.45, 2.75) is 33.1 Å². The molecule has 32 heavy (non-hydrogen) atoms. The van der Waals surface area contributed by atoms with E-state index < -0.39 is 0 Å². The first-order valence-corrected chi connectivity index (χ1v) is 11.4. The molecule has 1 aliphatic rings. The Morgan fingerprint density at radius 2 is 1.94 bits per heavy atom. The molecular weight excluding hydrogens is 418 g/mol. The van der Waals surface area contributed by atoms with Crippen molar-refractivity contribution in [3.05, 3.63) is 86.1 Å². The molecule has 0 spiro atoms. The number of nitrogens with zero attached hydrogens (tertiary/aromatic N) is 4. The summed E-state index contributed by atoms with van der Waals surface area (Å²) in [6.45, 7) is 6.10. The Hall–Kier alpha value is -3.58. The highest BCUT2D eigenvalue weighted by Crippen LogP contribution is 2.37. The van der Waals surface area contributed by atoms with Crippen LogP contribution in [-0.2, 0) is 0 Å². The van der Waals surface area contributed by atoms with Gasteiger partial charge in [-0.1, -0.05) is 60.2 Å². The van der Waals surface area contributed by atoms with Crippen molar-refractivity contribution in [3.8, 4) is 0 Å². The molecule has 6 nitrogen and oxygen atoms in total. The number of nitrogen functional groups attached to an aromatic ring is 1. The average Bonchev–Trinajstić information content (AvgIpc) is 3.33. The molecular formula is C25H23N5OS. The fourth-order valence-electron chi connectivity index (χ4n) is 4.14. The summed E-state index contributed by atoms with van der Waals surface area (Å²) in [6.07, 6.45) is 2.69. The molecule has 7 heteroatoms. The van der Waals surface area contributed by atoms with Gasteiger partial charge in [0.15, 0.2) is 0 Å². The van der Waals surface area contributed by atoms with Crippen molar-refractivity contribution in [2.75, 3.05) is 5.73 Å². The van der Waals surface area contributed by atoms with Crippen LogP contribution in [0.4, 0.5) is 11.5 Å². The minimum Gasteiger partial charge on any atom is -0.383 e. The van der Waals surface area contributed by atoms with Gasteiger partial charge in [0.2, 0.25) is 4.96 Å². The molecule has 0 radical (unpaired) electrons. The first kappa shape index (κ1) is 20.3. The van der Waals surface area contributed by atoms with Crippen LogP contribution in [0.15, 0.2) is 58.3 Å². The van der Waals surface area contributed by atoms with Gasteiger partial charge in [-0.2, -0.15) is 14.6 Å². The largest absolute Gasteiger partial charge is 0.383 e. The monoisotopic (exact) mass is 441 g/mol. The number of aliphatic imine (C=N–C) groups is 1. The van der Waals surface area contributed by atoms with Gasteiger partial charge in [0.05, 0.1) is 11.3 Å². The summed E-state index contributed by atoms with van der Waals surface area (Å²) in [7, 11) is 0. The molecule has 2 aromatic heterocycles. The molecule has 2 N–H and O–H groups in total. The SMILES string of the molecule is CCC(c1ccccc1)c1nn2c(N)c(C=C3C(C)=Nc4ccc(C)cc43)c(=O)nc2s1. The van der Waals surface area contributed by atoms with Gasteiger partial charge in [-0.25, -0.2) is 0 Å². The van der Waals surface area contributed by atoms with E-state index in [1.807, 2.05) is 44.2 Å². The first-order valence-electron chi connectivity index (χ1n) is 10.6. The number of fused-ring (bicyclic) bond motifs is 2. The molecule has 0 saturated carbocycles. The number of aryl methyl sites for hydroxylation is 1. The van der Waals surface area contributed by atoms with Crippen LogP contribution in [-0.4, -0.2) is 20.3 Å². The molecule has 1 unspecified atom stereocenters. The molecule has 1 atom stereocenters. The summed E-state index contributed by atoms with van der Waals surface area (Å²) in [4.78, 5) is 22.4. The maximum atomic E-state index is 12.9. The van der Waals surface area contributed by atoms with Gasteiger partial charge in [-0.15, -0.1) is 0 Å². The molecule has 0 bridgehead atoms. The number of benzene rings is 2.